The van der Waals surface area contributed by atoms with E-state index in [2.05, 4.69) is 20.8 Å². The van der Waals surface area contributed by atoms with E-state index in [9.17, 15) is 14.4 Å². The predicted molar refractivity (Wildman–Crippen MR) is 331 cm³/mol. The van der Waals surface area contributed by atoms with Gasteiger partial charge in [0.15, 0.2) is 37.5 Å². The van der Waals surface area contributed by atoms with E-state index in [1.54, 1.807) is 35.4 Å². The highest BCUT2D eigenvalue weighted by Crippen LogP contribution is 2.48. The third kappa shape index (κ3) is 15.3. The van der Waals surface area contributed by atoms with Gasteiger partial charge in [-0.15, -0.1) is 0 Å². The van der Waals surface area contributed by atoms with Crippen molar-refractivity contribution in [3.8, 4) is 34.5 Å². The molecule has 0 spiro atoms. The van der Waals surface area contributed by atoms with Crippen molar-refractivity contribution < 1.29 is 66.2 Å². The number of benzene rings is 4. The first-order chi connectivity index (χ1) is 40.2. The number of nitrogens with zero attached hydrogens (tertiary/aromatic N) is 4. The molecule has 460 valence electrons. The molecular weight excluding hydrogens is 1240 g/mol. The maximum absolute atomic E-state index is 15.2. The minimum atomic E-state index is -2.82. The molecule has 0 fully saturated rings. The summed E-state index contributed by atoms with van der Waals surface area (Å²) in [6.45, 7) is 12.5. The zero-order valence-corrected chi connectivity index (χ0v) is 54.1. The first-order valence-corrected chi connectivity index (χ1v) is 32.5. The van der Waals surface area contributed by atoms with Crippen LogP contribution in [0.2, 0.25) is 18.1 Å². The summed E-state index contributed by atoms with van der Waals surface area (Å²) in [5, 5.41) is -0.366. The molecule has 0 bridgehead atoms. The molecule has 0 aliphatic carbocycles. The van der Waals surface area contributed by atoms with Crippen molar-refractivity contribution in [1.29, 1.82) is 0 Å². The average Bonchev–Trinajstić information content (AvgIpc) is 1.69. The Hall–Kier alpha value is -5.52. The second kappa shape index (κ2) is 27.3. The molecule has 0 saturated heterocycles. The van der Waals surface area contributed by atoms with Gasteiger partial charge in [-0.3, -0.25) is 14.5 Å². The summed E-state index contributed by atoms with van der Waals surface area (Å²) in [7, 11) is 1.63. The van der Waals surface area contributed by atoms with Crippen LogP contribution in [0.4, 0.5) is 21.0 Å². The van der Waals surface area contributed by atoms with Gasteiger partial charge in [-0.25, -0.2) is 14.5 Å². The number of hydrogen-bond donors (Lipinski definition) is 1. The first kappa shape index (κ1) is 65.5. The molecule has 8 rings (SSSR count). The van der Waals surface area contributed by atoms with Crippen LogP contribution in [0.3, 0.4) is 0 Å². The van der Waals surface area contributed by atoms with Gasteiger partial charge in [0.05, 0.1) is 88.4 Å². The average molecular weight is 1310 g/mol. The van der Waals surface area contributed by atoms with Crippen molar-refractivity contribution in [2.75, 3.05) is 83.9 Å². The number of carbonyl (C=O) groups is 4. The normalized spacial score (nSPS) is 18.7. The van der Waals surface area contributed by atoms with Crippen LogP contribution >= 0.6 is 69.6 Å². The fourth-order valence-electron chi connectivity index (χ4n) is 9.99. The van der Waals surface area contributed by atoms with E-state index >= 15 is 4.79 Å². The lowest BCUT2D eigenvalue weighted by molar-refractivity contribution is 0.0585. The van der Waals surface area contributed by atoms with E-state index in [-0.39, 0.29) is 76.6 Å². The van der Waals surface area contributed by atoms with Gasteiger partial charge in [0.25, 0.3) is 11.8 Å². The van der Waals surface area contributed by atoms with Gasteiger partial charge < -0.3 is 62.6 Å². The largest absolute Gasteiger partial charge is 0.497 e. The number of amides is 4. The highest BCUT2D eigenvalue weighted by Gasteiger charge is 2.52. The van der Waals surface area contributed by atoms with Crippen LogP contribution in [0.5, 0.6) is 34.5 Å². The number of halogens is 6. The summed E-state index contributed by atoms with van der Waals surface area (Å²) >= 11 is 36.6. The van der Waals surface area contributed by atoms with E-state index in [4.69, 9.17) is 122 Å². The zero-order chi connectivity index (χ0) is 61.8. The molecule has 19 nitrogen and oxygen atoms in total. The highest BCUT2D eigenvalue weighted by molar-refractivity contribution is 6.74. The van der Waals surface area contributed by atoms with Crippen molar-refractivity contribution in [2.45, 2.75) is 97.0 Å². The van der Waals surface area contributed by atoms with Crippen LogP contribution < -0.4 is 44.0 Å². The van der Waals surface area contributed by atoms with Crippen LogP contribution in [0.1, 0.15) is 78.8 Å². The minimum absolute atomic E-state index is 0.00913. The molecule has 4 aromatic carbocycles. The summed E-state index contributed by atoms with van der Waals surface area (Å²) in [6, 6.07) is 19.1. The Morgan fingerprint density at radius 3 is 1.54 bits per heavy atom. The second-order valence-electron chi connectivity index (χ2n) is 22.0. The predicted octanol–water partition coefficient (Wildman–Crippen LogP) is 12.8. The molecule has 4 aliphatic rings. The number of nitrogens with two attached hydrogens (primary N) is 1. The Bertz CT molecular complexity index is 3150. The van der Waals surface area contributed by atoms with Gasteiger partial charge in [-0.05, 0) is 96.6 Å². The number of hydrogen-bond acceptors (Lipinski definition) is 15. The lowest BCUT2D eigenvalue weighted by atomic mass is 9.98. The smallest absolute Gasteiger partial charge is 0.416 e. The molecule has 85 heavy (non-hydrogen) atoms. The Morgan fingerprint density at radius 2 is 1.07 bits per heavy atom. The Labute approximate surface area is 525 Å². The summed E-state index contributed by atoms with van der Waals surface area (Å²) in [4.78, 5) is 64.7. The molecule has 4 atom stereocenters. The van der Waals surface area contributed by atoms with E-state index < -0.39 is 77.5 Å². The molecule has 0 radical (unpaired) electrons. The molecule has 0 saturated carbocycles. The molecule has 4 aromatic rings. The fourth-order valence-corrected chi connectivity index (χ4v) is 11.5. The van der Waals surface area contributed by atoms with E-state index in [1.807, 2.05) is 68.5 Å². The lowest BCUT2D eigenvalue weighted by Gasteiger charge is -2.44. The maximum atomic E-state index is 15.2. The van der Waals surface area contributed by atoms with Gasteiger partial charge in [0.1, 0.15) is 31.3 Å². The molecule has 0 aromatic heterocycles. The quantitative estimate of drug-likeness (QED) is 0.0469. The van der Waals surface area contributed by atoms with Crippen LogP contribution in [-0.4, -0.2) is 148 Å². The molecule has 4 amide bonds. The molecule has 2 N–H and O–H groups in total. The molecule has 4 aliphatic heterocycles. The molecule has 4 unspecified atom stereocenters. The maximum Gasteiger partial charge on any atom is 0.416 e. The van der Waals surface area contributed by atoms with Crippen molar-refractivity contribution in [3.05, 3.63) is 107 Å². The number of alkyl halides is 6. The fraction of sp³-hybridized carbons (Fsp3) is 0.458. The highest BCUT2D eigenvalue weighted by atomic mass is 35.6. The summed E-state index contributed by atoms with van der Waals surface area (Å²) in [6.07, 6.45) is 1.52. The number of ether oxygens (including phenoxy) is 9. The van der Waals surface area contributed by atoms with Gasteiger partial charge in [0.2, 0.25) is 7.59 Å². The Kier molecular flexibility index (Phi) is 21.0. The second-order valence-corrected chi connectivity index (χ2v) is 31.7. The van der Waals surface area contributed by atoms with Crippen molar-refractivity contribution in [3.63, 3.8) is 0 Å². The van der Waals surface area contributed by atoms with Gasteiger partial charge in [-0.1, -0.05) is 115 Å². The van der Waals surface area contributed by atoms with Gasteiger partial charge >= 0.3 is 12.2 Å². The summed E-state index contributed by atoms with van der Waals surface area (Å²) < 4.78 is 55.7. The lowest BCUT2D eigenvalue weighted by Crippen LogP contribution is -2.58. The standard InChI is InChI=1S/C59H69Cl6N5O14Si/c1-35-44-25-38(36-11-15-40(75-5)16-12-36)31-67(44)52(71)42-27-48(76-6)50(29-45(42)69(35)55(73)82-33-58(60,61)62)80-20-10-21-81-51-30-46-43(28-49(51)77-7)53(72)68-32-39(37-13-17-41(18-14-37)79-24-23-78-22-19-66)26-47(68)54(84-85(8,9)57(2,3)4)70(46)56(74)83-34-59(63,64)65/h11-18,27-32,35,44,47,54H,10,19-26,33-34,66H2,1-9H3. The third-order valence-corrected chi connectivity index (χ3v) is 20.4. The summed E-state index contributed by atoms with van der Waals surface area (Å²) in [5.74, 6) is 1.19. The SMILES string of the molecule is COc1ccc(C2=CN3C(=O)c4cc(OC)c(OCCCOc5cc6c(cc5OC)C(=O)N5C=C(c7ccc(OCCOCCN)cc7)CC5C(O[Si](C)(C)C(C)(C)C)N6C(=O)OCC(Cl)(Cl)Cl)cc4N(C(=O)OCC(Cl)(Cl)Cl)C(C)C3C2)cc1. The zero-order valence-electron chi connectivity index (χ0n) is 48.5. The Morgan fingerprint density at radius 1 is 0.600 bits per heavy atom. The third-order valence-electron chi connectivity index (χ3n) is 15.3. The summed E-state index contributed by atoms with van der Waals surface area (Å²) in [5.41, 5.74) is 9.38. The molecule has 26 heteroatoms. The van der Waals surface area contributed by atoms with Crippen LogP contribution in [0, 0.1) is 0 Å². The number of rotatable bonds is 21. The molecular formula is C59H69Cl6N5O14Si. The van der Waals surface area contributed by atoms with E-state index in [0.717, 1.165) is 22.3 Å². The van der Waals surface area contributed by atoms with Crippen LogP contribution in [0.15, 0.2) is 85.2 Å². The van der Waals surface area contributed by atoms with E-state index in [1.165, 1.54) is 42.2 Å². The van der Waals surface area contributed by atoms with Crippen molar-refractivity contribution in [1.82, 2.24) is 9.80 Å². The van der Waals surface area contributed by atoms with Gasteiger partial charge in [-0.2, -0.15) is 0 Å². The number of methoxy groups -OCH3 is 3. The number of fused-ring (bicyclic) bond motifs is 4. The van der Waals surface area contributed by atoms with Crippen molar-refractivity contribution >= 4 is 124 Å². The minimum Gasteiger partial charge on any atom is -0.497 e. The van der Waals surface area contributed by atoms with E-state index in [0.29, 0.717) is 44.3 Å². The monoisotopic (exact) mass is 1310 g/mol. The van der Waals surface area contributed by atoms with Crippen LogP contribution in [0.25, 0.3) is 11.1 Å². The first-order valence-electron chi connectivity index (χ1n) is 27.3. The van der Waals surface area contributed by atoms with Gasteiger partial charge in [0, 0.05) is 37.5 Å². The van der Waals surface area contributed by atoms with Crippen LogP contribution in [-0.2, 0) is 18.6 Å². The number of carbonyl (C=O) groups excluding carboxylic acids is 4. The number of anilines is 2. The molecule has 4 heterocycles. The Balaban J connectivity index is 1.08. The van der Waals surface area contributed by atoms with Crippen molar-refractivity contribution in [2.24, 2.45) is 5.73 Å². The topological polar surface area (TPSA) is 200 Å².